The SMILES string of the molecule is CCN1CCN(C(=O)c2c[nH]c(=O)[nH]c2=O)CC1. The van der Waals surface area contributed by atoms with Gasteiger partial charge in [-0.15, -0.1) is 0 Å². The summed E-state index contributed by atoms with van der Waals surface area (Å²) in [7, 11) is 0. The molecule has 0 aromatic carbocycles. The summed E-state index contributed by atoms with van der Waals surface area (Å²) in [5, 5.41) is 0. The molecule has 98 valence electrons. The van der Waals surface area contributed by atoms with E-state index < -0.39 is 11.2 Å². The fraction of sp³-hybridized carbons (Fsp3) is 0.545. The molecule has 1 saturated heterocycles. The third kappa shape index (κ3) is 2.51. The van der Waals surface area contributed by atoms with Crippen molar-refractivity contribution in [1.82, 2.24) is 19.8 Å². The van der Waals surface area contributed by atoms with Crippen LogP contribution in [0.2, 0.25) is 0 Å². The molecular formula is C11H16N4O3. The maximum atomic E-state index is 12.1. The maximum absolute atomic E-state index is 12.1. The monoisotopic (exact) mass is 252 g/mol. The van der Waals surface area contributed by atoms with Gasteiger partial charge in [0.1, 0.15) is 5.56 Å². The number of hydrogen-bond donors (Lipinski definition) is 2. The Labute approximate surface area is 103 Å². The highest BCUT2D eigenvalue weighted by Gasteiger charge is 2.23. The average molecular weight is 252 g/mol. The van der Waals surface area contributed by atoms with Crippen molar-refractivity contribution in [3.8, 4) is 0 Å². The van der Waals surface area contributed by atoms with Crippen LogP contribution in [-0.2, 0) is 0 Å². The zero-order chi connectivity index (χ0) is 13.1. The molecule has 0 aliphatic carbocycles. The van der Waals surface area contributed by atoms with Crippen molar-refractivity contribution >= 4 is 5.91 Å². The molecule has 1 aliphatic rings. The minimum Gasteiger partial charge on any atom is -0.336 e. The largest absolute Gasteiger partial charge is 0.336 e. The fourth-order valence-electron chi connectivity index (χ4n) is 2.01. The Kier molecular flexibility index (Phi) is 3.61. The first-order valence-corrected chi connectivity index (χ1v) is 5.95. The van der Waals surface area contributed by atoms with Gasteiger partial charge in [0.15, 0.2) is 0 Å². The van der Waals surface area contributed by atoms with Gasteiger partial charge in [0, 0.05) is 32.4 Å². The molecule has 1 amide bonds. The van der Waals surface area contributed by atoms with E-state index in [2.05, 4.69) is 21.8 Å². The standard InChI is InChI=1S/C11H16N4O3/c1-2-14-3-5-15(6-4-14)10(17)8-7-12-11(18)13-9(8)16/h7H,2-6H2,1H3,(H2,12,13,16,18). The number of aromatic nitrogens is 2. The minimum atomic E-state index is -0.637. The first-order chi connectivity index (χ1) is 8.61. The lowest BCUT2D eigenvalue weighted by atomic mass is 10.2. The minimum absolute atomic E-state index is 0.0143. The lowest BCUT2D eigenvalue weighted by Gasteiger charge is -2.33. The Morgan fingerprint density at radius 3 is 2.50 bits per heavy atom. The fourth-order valence-corrected chi connectivity index (χ4v) is 2.01. The van der Waals surface area contributed by atoms with E-state index in [1.54, 1.807) is 4.90 Å². The van der Waals surface area contributed by atoms with Crippen LogP contribution >= 0.6 is 0 Å². The van der Waals surface area contributed by atoms with Crippen LogP contribution in [0.15, 0.2) is 15.8 Å². The molecule has 7 nitrogen and oxygen atoms in total. The molecular weight excluding hydrogens is 236 g/mol. The van der Waals surface area contributed by atoms with Crippen molar-refractivity contribution in [1.29, 1.82) is 0 Å². The van der Waals surface area contributed by atoms with Crippen LogP contribution in [0.25, 0.3) is 0 Å². The molecule has 2 rings (SSSR count). The van der Waals surface area contributed by atoms with E-state index in [4.69, 9.17) is 0 Å². The van der Waals surface area contributed by atoms with Crippen molar-refractivity contribution < 1.29 is 4.79 Å². The molecule has 2 heterocycles. The summed E-state index contributed by atoms with van der Waals surface area (Å²) >= 11 is 0. The van der Waals surface area contributed by atoms with Gasteiger partial charge in [-0.05, 0) is 6.54 Å². The molecule has 1 aromatic heterocycles. The molecule has 0 atom stereocenters. The zero-order valence-electron chi connectivity index (χ0n) is 10.2. The number of nitrogens with zero attached hydrogens (tertiary/aromatic N) is 2. The smallest absolute Gasteiger partial charge is 0.325 e. The number of nitrogens with one attached hydrogen (secondary N) is 2. The second kappa shape index (κ2) is 5.18. The molecule has 0 spiro atoms. The first-order valence-electron chi connectivity index (χ1n) is 5.95. The number of likely N-dealkylation sites (N-methyl/N-ethyl adjacent to an activating group) is 1. The van der Waals surface area contributed by atoms with Crippen LogP contribution in [-0.4, -0.2) is 58.4 Å². The van der Waals surface area contributed by atoms with Crippen LogP contribution in [0, 0.1) is 0 Å². The quantitative estimate of drug-likeness (QED) is 0.695. The van der Waals surface area contributed by atoms with Crippen LogP contribution in [0.5, 0.6) is 0 Å². The molecule has 0 saturated carbocycles. The molecule has 1 fully saturated rings. The van der Waals surface area contributed by atoms with E-state index in [0.717, 1.165) is 19.6 Å². The molecule has 1 aliphatic heterocycles. The topological polar surface area (TPSA) is 89.3 Å². The summed E-state index contributed by atoms with van der Waals surface area (Å²) in [4.78, 5) is 42.7. The summed E-state index contributed by atoms with van der Waals surface area (Å²) in [6.45, 7) is 5.86. The molecule has 0 unspecified atom stereocenters. The highest BCUT2D eigenvalue weighted by atomic mass is 16.2. The molecule has 0 bridgehead atoms. The van der Waals surface area contributed by atoms with E-state index in [1.165, 1.54) is 6.20 Å². The number of amides is 1. The van der Waals surface area contributed by atoms with E-state index in [0.29, 0.717) is 13.1 Å². The second-order valence-corrected chi connectivity index (χ2v) is 4.21. The predicted octanol–water partition coefficient (Wildman–Crippen LogP) is -1.16. The van der Waals surface area contributed by atoms with Gasteiger partial charge in [-0.1, -0.05) is 6.92 Å². The first kappa shape index (κ1) is 12.6. The van der Waals surface area contributed by atoms with Gasteiger partial charge in [0.2, 0.25) is 0 Å². The van der Waals surface area contributed by atoms with Crippen LogP contribution in [0.4, 0.5) is 0 Å². The summed E-state index contributed by atoms with van der Waals surface area (Å²) in [6, 6.07) is 0. The van der Waals surface area contributed by atoms with Gasteiger partial charge in [0.25, 0.3) is 11.5 Å². The number of H-pyrrole nitrogens is 2. The number of carbonyl (C=O) groups excluding carboxylic acids is 1. The molecule has 0 radical (unpaired) electrons. The predicted molar refractivity (Wildman–Crippen MR) is 65.7 cm³/mol. The Morgan fingerprint density at radius 2 is 1.94 bits per heavy atom. The normalized spacial score (nSPS) is 16.8. The van der Waals surface area contributed by atoms with Gasteiger partial charge in [-0.25, -0.2) is 4.79 Å². The molecule has 1 aromatic rings. The number of piperazine rings is 1. The Balaban J connectivity index is 2.13. The number of rotatable bonds is 2. The number of aromatic amines is 2. The van der Waals surface area contributed by atoms with E-state index >= 15 is 0 Å². The Hall–Kier alpha value is -1.89. The maximum Gasteiger partial charge on any atom is 0.325 e. The lowest BCUT2D eigenvalue weighted by Crippen LogP contribution is -2.49. The summed E-state index contributed by atoms with van der Waals surface area (Å²) < 4.78 is 0. The summed E-state index contributed by atoms with van der Waals surface area (Å²) in [5.41, 5.74) is -1.26. The summed E-state index contributed by atoms with van der Waals surface area (Å²) in [5.74, 6) is -0.330. The Morgan fingerprint density at radius 1 is 1.28 bits per heavy atom. The Bertz CT molecular complexity index is 540. The highest BCUT2D eigenvalue weighted by Crippen LogP contribution is 2.04. The molecule has 18 heavy (non-hydrogen) atoms. The van der Waals surface area contributed by atoms with E-state index in [9.17, 15) is 14.4 Å². The van der Waals surface area contributed by atoms with Gasteiger partial charge >= 0.3 is 5.69 Å². The van der Waals surface area contributed by atoms with Crippen molar-refractivity contribution in [2.45, 2.75) is 6.92 Å². The second-order valence-electron chi connectivity index (χ2n) is 4.21. The number of hydrogen-bond acceptors (Lipinski definition) is 4. The van der Waals surface area contributed by atoms with Crippen molar-refractivity contribution in [3.05, 3.63) is 32.6 Å². The van der Waals surface area contributed by atoms with Crippen molar-refractivity contribution in [3.63, 3.8) is 0 Å². The average Bonchev–Trinajstić information content (AvgIpc) is 2.38. The van der Waals surface area contributed by atoms with Crippen LogP contribution < -0.4 is 11.2 Å². The lowest BCUT2D eigenvalue weighted by molar-refractivity contribution is 0.0641. The number of carbonyl (C=O) groups is 1. The molecule has 2 N–H and O–H groups in total. The van der Waals surface area contributed by atoms with E-state index in [-0.39, 0.29) is 11.5 Å². The van der Waals surface area contributed by atoms with Crippen LogP contribution in [0.3, 0.4) is 0 Å². The van der Waals surface area contributed by atoms with Gasteiger partial charge < -0.3 is 14.8 Å². The van der Waals surface area contributed by atoms with Crippen molar-refractivity contribution in [2.24, 2.45) is 0 Å². The highest BCUT2D eigenvalue weighted by molar-refractivity contribution is 5.93. The van der Waals surface area contributed by atoms with Crippen LogP contribution in [0.1, 0.15) is 17.3 Å². The zero-order valence-corrected chi connectivity index (χ0v) is 10.2. The third-order valence-electron chi connectivity index (χ3n) is 3.16. The molecule has 7 heteroatoms. The van der Waals surface area contributed by atoms with Crippen molar-refractivity contribution in [2.75, 3.05) is 32.7 Å². The van der Waals surface area contributed by atoms with E-state index in [1.807, 2.05) is 0 Å². The van der Waals surface area contributed by atoms with Gasteiger partial charge in [0.05, 0.1) is 0 Å². The summed E-state index contributed by atoms with van der Waals surface area (Å²) in [6.07, 6.45) is 1.18. The van der Waals surface area contributed by atoms with Gasteiger partial charge in [-0.2, -0.15) is 0 Å². The third-order valence-corrected chi connectivity index (χ3v) is 3.16. The van der Waals surface area contributed by atoms with Gasteiger partial charge in [-0.3, -0.25) is 14.6 Å².